The minimum atomic E-state index is -0.506. The van der Waals surface area contributed by atoms with E-state index in [1.165, 1.54) is 0 Å². The van der Waals surface area contributed by atoms with Crippen LogP contribution in [0.1, 0.15) is 31.9 Å². The second kappa shape index (κ2) is 6.52. The molecule has 0 aliphatic rings. The summed E-state index contributed by atoms with van der Waals surface area (Å²) in [7, 11) is 0. The van der Waals surface area contributed by atoms with Gasteiger partial charge in [0, 0.05) is 25.0 Å². The summed E-state index contributed by atoms with van der Waals surface area (Å²) in [5, 5.41) is 2.78. The Balaban J connectivity index is 2.57. The molecule has 0 aliphatic heterocycles. The van der Waals surface area contributed by atoms with Crippen molar-refractivity contribution >= 4 is 6.09 Å². The summed E-state index contributed by atoms with van der Waals surface area (Å²) in [6.07, 6.45) is 3.78. The molecule has 0 fully saturated rings. The molecule has 0 radical (unpaired) electrons. The van der Waals surface area contributed by atoms with E-state index < -0.39 is 11.7 Å². The Morgan fingerprint density at radius 1 is 1.47 bits per heavy atom. The van der Waals surface area contributed by atoms with Crippen molar-refractivity contribution in [1.82, 2.24) is 10.3 Å². The van der Waals surface area contributed by atoms with Crippen molar-refractivity contribution in [2.75, 3.05) is 6.54 Å². The molecule has 1 atom stereocenters. The summed E-state index contributed by atoms with van der Waals surface area (Å²) in [6.45, 7) is 7.82. The Morgan fingerprint density at radius 3 is 2.68 bits per heavy atom. The zero-order chi connectivity index (χ0) is 14.5. The number of aromatic nitrogens is 1. The van der Waals surface area contributed by atoms with Gasteiger partial charge in [-0.1, -0.05) is 6.07 Å². The van der Waals surface area contributed by atoms with Crippen LogP contribution in [0, 0.1) is 6.92 Å². The van der Waals surface area contributed by atoms with Gasteiger partial charge in [0.15, 0.2) is 0 Å². The number of alkyl carbamates (subject to hydrolysis) is 1. The number of rotatable bonds is 4. The van der Waals surface area contributed by atoms with Crippen LogP contribution in [0.3, 0.4) is 0 Å². The van der Waals surface area contributed by atoms with E-state index in [1.807, 2.05) is 33.8 Å². The second-order valence-corrected chi connectivity index (χ2v) is 5.65. The van der Waals surface area contributed by atoms with Crippen LogP contribution in [0.25, 0.3) is 0 Å². The maximum atomic E-state index is 11.7. The fourth-order valence-corrected chi connectivity index (χ4v) is 1.68. The van der Waals surface area contributed by atoms with Gasteiger partial charge in [-0.05, 0) is 45.2 Å². The quantitative estimate of drug-likeness (QED) is 0.870. The van der Waals surface area contributed by atoms with E-state index in [-0.39, 0.29) is 6.04 Å². The standard InChI is InChI=1S/C14H23N3O2/c1-10-5-11(9-16-8-10)6-12(7-15)17-13(18)19-14(2,3)4/h5,8-9,12H,6-7,15H2,1-4H3,(H,17,18). The monoisotopic (exact) mass is 265 g/mol. The first-order valence-electron chi connectivity index (χ1n) is 6.40. The number of nitrogens with two attached hydrogens (primary N) is 1. The van der Waals surface area contributed by atoms with Gasteiger partial charge in [0.05, 0.1) is 0 Å². The fourth-order valence-electron chi connectivity index (χ4n) is 1.68. The molecular formula is C14H23N3O2. The molecule has 3 N–H and O–H groups in total. The largest absolute Gasteiger partial charge is 0.444 e. The van der Waals surface area contributed by atoms with E-state index in [0.29, 0.717) is 13.0 Å². The first-order chi connectivity index (χ1) is 8.80. The molecular weight excluding hydrogens is 242 g/mol. The van der Waals surface area contributed by atoms with Crippen LogP contribution in [0.15, 0.2) is 18.5 Å². The van der Waals surface area contributed by atoms with E-state index in [0.717, 1.165) is 11.1 Å². The number of carbonyl (C=O) groups is 1. The lowest BCUT2D eigenvalue weighted by Gasteiger charge is -2.23. The number of hydrogen-bond acceptors (Lipinski definition) is 4. The van der Waals surface area contributed by atoms with Gasteiger partial charge in [0.2, 0.25) is 0 Å². The summed E-state index contributed by atoms with van der Waals surface area (Å²) >= 11 is 0. The molecule has 0 saturated heterocycles. The van der Waals surface area contributed by atoms with Crippen LogP contribution < -0.4 is 11.1 Å². The maximum absolute atomic E-state index is 11.7. The number of pyridine rings is 1. The minimum Gasteiger partial charge on any atom is -0.444 e. The summed E-state index contributed by atoms with van der Waals surface area (Å²) in [5.41, 5.74) is 7.31. The topological polar surface area (TPSA) is 77.2 Å². The van der Waals surface area contributed by atoms with Crippen molar-refractivity contribution in [3.05, 3.63) is 29.6 Å². The van der Waals surface area contributed by atoms with Crippen molar-refractivity contribution in [3.63, 3.8) is 0 Å². The molecule has 106 valence electrons. The van der Waals surface area contributed by atoms with Crippen molar-refractivity contribution < 1.29 is 9.53 Å². The molecule has 1 rings (SSSR count). The first-order valence-corrected chi connectivity index (χ1v) is 6.40. The number of aryl methyl sites for hydroxylation is 1. The minimum absolute atomic E-state index is 0.154. The van der Waals surface area contributed by atoms with Crippen molar-refractivity contribution in [2.45, 2.75) is 45.8 Å². The SMILES string of the molecule is Cc1cncc(CC(CN)NC(=O)OC(C)(C)C)c1. The molecule has 1 aromatic heterocycles. The molecule has 1 aromatic rings. The van der Waals surface area contributed by atoms with Gasteiger partial charge < -0.3 is 15.8 Å². The number of ether oxygens (including phenoxy) is 1. The van der Waals surface area contributed by atoms with Crippen LogP contribution in [0.4, 0.5) is 4.79 Å². The average Bonchev–Trinajstić information content (AvgIpc) is 2.25. The Hall–Kier alpha value is -1.62. The molecule has 19 heavy (non-hydrogen) atoms. The molecule has 0 spiro atoms. The number of carbonyl (C=O) groups excluding carboxylic acids is 1. The van der Waals surface area contributed by atoms with Crippen molar-refractivity contribution in [2.24, 2.45) is 5.73 Å². The predicted molar refractivity (Wildman–Crippen MR) is 74.9 cm³/mol. The van der Waals surface area contributed by atoms with Crippen molar-refractivity contribution in [3.8, 4) is 0 Å². The van der Waals surface area contributed by atoms with Crippen LogP contribution >= 0.6 is 0 Å². The lowest BCUT2D eigenvalue weighted by molar-refractivity contribution is 0.0506. The molecule has 0 aliphatic carbocycles. The Kier molecular flexibility index (Phi) is 5.30. The highest BCUT2D eigenvalue weighted by molar-refractivity contribution is 5.68. The predicted octanol–water partition coefficient (Wildman–Crippen LogP) is 1.78. The van der Waals surface area contributed by atoms with Crippen LogP contribution in [-0.4, -0.2) is 29.3 Å². The number of amides is 1. The molecule has 5 nitrogen and oxygen atoms in total. The van der Waals surface area contributed by atoms with E-state index >= 15 is 0 Å². The lowest BCUT2D eigenvalue weighted by Crippen LogP contribution is -2.44. The van der Waals surface area contributed by atoms with Gasteiger partial charge in [-0.25, -0.2) is 4.79 Å². The molecule has 1 heterocycles. The molecule has 0 aromatic carbocycles. The Labute approximate surface area is 114 Å². The zero-order valence-electron chi connectivity index (χ0n) is 12.1. The van der Waals surface area contributed by atoms with Gasteiger partial charge in [0.25, 0.3) is 0 Å². The normalized spacial score (nSPS) is 12.9. The van der Waals surface area contributed by atoms with E-state index in [2.05, 4.69) is 10.3 Å². The third-order valence-corrected chi connectivity index (χ3v) is 2.42. The third-order valence-electron chi connectivity index (χ3n) is 2.42. The van der Waals surface area contributed by atoms with Crippen LogP contribution in [0.2, 0.25) is 0 Å². The first kappa shape index (κ1) is 15.4. The second-order valence-electron chi connectivity index (χ2n) is 5.65. The van der Waals surface area contributed by atoms with Gasteiger partial charge >= 0.3 is 6.09 Å². The lowest BCUT2D eigenvalue weighted by atomic mass is 10.1. The molecule has 5 heteroatoms. The van der Waals surface area contributed by atoms with E-state index in [9.17, 15) is 4.79 Å². The summed E-state index contributed by atoms with van der Waals surface area (Å²) < 4.78 is 5.21. The summed E-state index contributed by atoms with van der Waals surface area (Å²) in [4.78, 5) is 15.8. The van der Waals surface area contributed by atoms with Gasteiger partial charge in [-0.2, -0.15) is 0 Å². The van der Waals surface area contributed by atoms with Gasteiger partial charge in [-0.15, -0.1) is 0 Å². The number of nitrogens with one attached hydrogen (secondary N) is 1. The fraction of sp³-hybridized carbons (Fsp3) is 0.571. The average molecular weight is 265 g/mol. The highest BCUT2D eigenvalue weighted by atomic mass is 16.6. The highest BCUT2D eigenvalue weighted by Crippen LogP contribution is 2.08. The zero-order valence-corrected chi connectivity index (χ0v) is 12.1. The number of nitrogens with zero attached hydrogens (tertiary/aromatic N) is 1. The molecule has 1 amide bonds. The van der Waals surface area contributed by atoms with E-state index in [1.54, 1.807) is 12.4 Å². The third kappa shape index (κ3) is 6.20. The van der Waals surface area contributed by atoms with E-state index in [4.69, 9.17) is 10.5 Å². The Bertz CT molecular complexity index is 427. The molecule has 0 bridgehead atoms. The smallest absolute Gasteiger partial charge is 0.407 e. The summed E-state index contributed by atoms with van der Waals surface area (Å²) in [6, 6.07) is 1.88. The van der Waals surface area contributed by atoms with Crippen LogP contribution in [0.5, 0.6) is 0 Å². The van der Waals surface area contributed by atoms with Crippen LogP contribution in [-0.2, 0) is 11.2 Å². The number of hydrogen-bond donors (Lipinski definition) is 2. The Morgan fingerprint density at radius 2 is 2.16 bits per heavy atom. The molecule has 0 saturated carbocycles. The van der Waals surface area contributed by atoms with Gasteiger partial charge in [-0.3, -0.25) is 4.98 Å². The highest BCUT2D eigenvalue weighted by Gasteiger charge is 2.19. The maximum Gasteiger partial charge on any atom is 0.407 e. The summed E-state index contributed by atoms with van der Waals surface area (Å²) in [5.74, 6) is 0. The van der Waals surface area contributed by atoms with Crippen molar-refractivity contribution in [1.29, 1.82) is 0 Å². The molecule has 1 unspecified atom stereocenters. The van der Waals surface area contributed by atoms with Gasteiger partial charge in [0.1, 0.15) is 5.60 Å².